The summed E-state index contributed by atoms with van der Waals surface area (Å²) in [6.45, 7) is 7.75. The molecule has 1 aromatic carbocycles. The van der Waals surface area contributed by atoms with Crippen LogP contribution in [-0.4, -0.2) is 62.7 Å². The number of pyridine rings is 1. The van der Waals surface area contributed by atoms with Crippen molar-refractivity contribution in [2.24, 2.45) is 0 Å². The van der Waals surface area contributed by atoms with Crippen molar-refractivity contribution in [1.29, 1.82) is 0 Å². The largest absolute Gasteiger partial charge is 0.497 e. The number of piperazine rings is 1. The fourth-order valence-corrected chi connectivity index (χ4v) is 3.30. The minimum Gasteiger partial charge on any atom is -0.497 e. The Morgan fingerprint density at radius 2 is 1.89 bits per heavy atom. The number of aromatic nitrogens is 1. The van der Waals surface area contributed by atoms with Gasteiger partial charge < -0.3 is 24.6 Å². The number of likely N-dealkylation sites (N-methyl/N-ethyl adjacent to an activating group) is 1. The highest BCUT2D eigenvalue weighted by Gasteiger charge is 2.17. The van der Waals surface area contributed by atoms with Crippen molar-refractivity contribution in [2.45, 2.75) is 13.5 Å². The molecule has 0 saturated carbocycles. The average Bonchev–Trinajstić information content (AvgIpc) is 2.77. The lowest BCUT2D eigenvalue weighted by atomic mass is 10.1. The molecular weight excluding hydrogens is 356 g/mol. The van der Waals surface area contributed by atoms with E-state index in [0.717, 1.165) is 44.1 Å². The fraction of sp³-hybridized carbons (Fsp3) is 0.429. The molecule has 7 nitrogen and oxygen atoms in total. The number of amides is 1. The molecule has 7 heteroatoms. The Bertz CT molecular complexity index is 804. The smallest absolute Gasteiger partial charge is 0.255 e. The standard InChI is InChI=1S/C21H28N4O3/c1-4-24-9-11-25(12-10-24)20-13-16(7-8-22-20)15-23-21(26)18-6-5-17(27-2)14-19(18)28-3/h5-8,13-14H,4,9-12,15H2,1-3H3,(H,23,26). The molecule has 1 aromatic heterocycles. The Balaban J connectivity index is 1.63. The van der Waals surface area contributed by atoms with Gasteiger partial charge in [0.15, 0.2) is 0 Å². The minimum absolute atomic E-state index is 0.186. The van der Waals surface area contributed by atoms with Gasteiger partial charge in [-0.15, -0.1) is 0 Å². The number of nitrogens with one attached hydrogen (secondary N) is 1. The van der Waals surface area contributed by atoms with Crippen LogP contribution < -0.4 is 19.7 Å². The van der Waals surface area contributed by atoms with Crippen molar-refractivity contribution in [3.8, 4) is 11.5 Å². The number of hydrogen-bond donors (Lipinski definition) is 1. The van der Waals surface area contributed by atoms with Gasteiger partial charge in [-0.25, -0.2) is 4.98 Å². The predicted octanol–water partition coefficient (Wildman–Crippen LogP) is 2.17. The topological polar surface area (TPSA) is 66.9 Å². The number of anilines is 1. The van der Waals surface area contributed by atoms with Gasteiger partial charge in [0.2, 0.25) is 0 Å². The van der Waals surface area contributed by atoms with Crippen molar-refractivity contribution in [3.63, 3.8) is 0 Å². The summed E-state index contributed by atoms with van der Waals surface area (Å²) in [6.07, 6.45) is 1.80. The summed E-state index contributed by atoms with van der Waals surface area (Å²) in [6, 6.07) is 9.13. The van der Waals surface area contributed by atoms with E-state index >= 15 is 0 Å². The van der Waals surface area contributed by atoms with Crippen LogP contribution in [0.15, 0.2) is 36.5 Å². The normalized spacial score (nSPS) is 14.6. The first-order valence-electron chi connectivity index (χ1n) is 9.57. The number of methoxy groups -OCH3 is 2. The molecule has 1 aliphatic rings. The van der Waals surface area contributed by atoms with Crippen LogP contribution >= 0.6 is 0 Å². The van der Waals surface area contributed by atoms with Crippen LogP contribution in [0.3, 0.4) is 0 Å². The van der Waals surface area contributed by atoms with Gasteiger partial charge in [-0.1, -0.05) is 6.92 Å². The highest BCUT2D eigenvalue weighted by atomic mass is 16.5. The van der Waals surface area contributed by atoms with Gasteiger partial charge in [0.25, 0.3) is 5.91 Å². The molecule has 1 saturated heterocycles. The Morgan fingerprint density at radius 3 is 2.57 bits per heavy atom. The van der Waals surface area contributed by atoms with Crippen molar-refractivity contribution in [1.82, 2.24) is 15.2 Å². The Labute approximate surface area is 166 Å². The van der Waals surface area contributed by atoms with Crippen molar-refractivity contribution < 1.29 is 14.3 Å². The zero-order valence-corrected chi connectivity index (χ0v) is 16.8. The van der Waals surface area contributed by atoms with E-state index in [2.05, 4.69) is 27.0 Å². The monoisotopic (exact) mass is 384 g/mol. The molecule has 0 spiro atoms. The highest BCUT2D eigenvalue weighted by molar-refractivity contribution is 5.97. The molecule has 1 amide bonds. The lowest BCUT2D eigenvalue weighted by molar-refractivity contribution is 0.0948. The molecular formula is C21H28N4O3. The lowest BCUT2D eigenvalue weighted by Crippen LogP contribution is -2.46. The number of ether oxygens (including phenoxy) is 2. The maximum Gasteiger partial charge on any atom is 0.255 e. The Morgan fingerprint density at radius 1 is 1.11 bits per heavy atom. The fourth-order valence-electron chi connectivity index (χ4n) is 3.30. The summed E-state index contributed by atoms with van der Waals surface area (Å²) in [7, 11) is 3.12. The lowest BCUT2D eigenvalue weighted by Gasteiger charge is -2.34. The summed E-state index contributed by atoms with van der Waals surface area (Å²) in [4.78, 5) is 21.8. The van der Waals surface area contributed by atoms with E-state index < -0.39 is 0 Å². The maximum absolute atomic E-state index is 12.6. The number of nitrogens with zero attached hydrogens (tertiary/aromatic N) is 3. The molecule has 0 unspecified atom stereocenters. The van der Waals surface area contributed by atoms with Crippen molar-refractivity contribution >= 4 is 11.7 Å². The van der Waals surface area contributed by atoms with Crippen LogP contribution in [0.4, 0.5) is 5.82 Å². The third-order valence-corrected chi connectivity index (χ3v) is 5.06. The highest BCUT2D eigenvalue weighted by Crippen LogP contribution is 2.24. The van der Waals surface area contributed by atoms with Gasteiger partial charge >= 0.3 is 0 Å². The summed E-state index contributed by atoms with van der Waals surface area (Å²) in [5.74, 6) is 1.91. The van der Waals surface area contributed by atoms with E-state index in [0.29, 0.717) is 23.6 Å². The summed E-state index contributed by atoms with van der Waals surface area (Å²) in [5, 5.41) is 2.96. The second-order valence-electron chi connectivity index (χ2n) is 6.69. The molecule has 28 heavy (non-hydrogen) atoms. The van der Waals surface area contributed by atoms with Crippen LogP contribution in [-0.2, 0) is 6.54 Å². The van der Waals surface area contributed by atoms with E-state index in [1.807, 2.05) is 12.1 Å². The van der Waals surface area contributed by atoms with Gasteiger partial charge in [0.1, 0.15) is 17.3 Å². The number of benzene rings is 1. The summed E-state index contributed by atoms with van der Waals surface area (Å²) in [5.41, 5.74) is 1.50. The summed E-state index contributed by atoms with van der Waals surface area (Å²) >= 11 is 0. The van der Waals surface area contributed by atoms with E-state index in [1.165, 1.54) is 0 Å². The molecule has 150 valence electrons. The first-order chi connectivity index (χ1) is 13.6. The molecule has 0 radical (unpaired) electrons. The molecule has 3 rings (SSSR count). The number of hydrogen-bond acceptors (Lipinski definition) is 6. The van der Waals surface area contributed by atoms with E-state index in [4.69, 9.17) is 9.47 Å². The molecule has 0 bridgehead atoms. The molecule has 2 heterocycles. The third kappa shape index (κ3) is 4.72. The molecule has 1 N–H and O–H groups in total. The Hall–Kier alpha value is -2.80. The van der Waals surface area contributed by atoms with Gasteiger partial charge in [-0.05, 0) is 36.4 Å². The minimum atomic E-state index is -0.186. The van der Waals surface area contributed by atoms with Gasteiger partial charge in [-0.2, -0.15) is 0 Å². The van der Waals surface area contributed by atoms with Crippen LogP contribution in [0.25, 0.3) is 0 Å². The zero-order valence-electron chi connectivity index (χ0n) is 16.8. The van der Waals surface area contributed by atoms with Crippen LogP contribution in [0, 0.1) is 0 Å². The predicted molar refractivity (Wildman–Crippen MR) is 109 cm³/mol. The SMILES string of the molecule is CCN1CCN(c2cc(CNC(=O)c3ccc(OC)cc3OC)ccn2)CC1. The van der Waals surface area contributed by atoms with Crippen LogP contribution in [0.5, 0.6) is 11.5 Å². The van der Waals surface area contributed by atoms with Gasteiger partial charge in [0, 0.05) is 45.0 Å². The van der Waals surface area contributed by atoms with Crippen LogP contribution in [0.2, 0.25) is 0 Å². The zero-order chi connectivity index (χ0) is 19.9. The van der Waals surface area contributed by atoms with Crippen LogP contribution in [0.1, 0.15) is 22.8 Å². The number of carbonyl (C=O) groups excluding carboxylic acids is 1. The quantitative estimate of drug-likeness (QED) is 0.789. The number of rotatable bonds is 7. The molecule has 0 atom stereocenters. The first-order valence-corrected chi connectivity index (χ1v) is 9.57. The van der Waals surface area contributed by atoms with Crippen molar-refractivity contribution in [3.05, 3.63) is 47.7 Å². The average molecular weight is 384 g/mol. The molecule has 1 fully saturated rings. The Kier molecular flexibility index (Phi) is 6.71. The van der Waals surface area contributed by atoms with Gasteiger partial charge in [-0.3, -0.25) is 4.79 Å². The first kappa shape index (κ1) is 19.9. The molecule has 0 aliphatic carbocycles. The maximum atomic E-state index is 12.6. The van der Waals surface area contributed by atoms with Gasteiger partial charge in [0.05, 0.1) is 19.8 Å². The van der Waals surface area contributed by atoms with E-state index in [9.17, 15) is 4.79 Å². The van der Waals surface area contributed by atoms with E-state index in [1.54, 1.807) is 38.6 Å². The van der Waals surface area contributed by atoms with E-state index in [-0.39, 0.29) is 5.91 Å². The van der Waals surface area contributed by atoms with Crippen molar-refractivity contribution in [2.75, 3.05) is 51.8 Å². The molecule has 2 aromatic rings. The third-order valence-electron chi connectivity index (χ3n) is 5.06. The summed E-state index contributed by atoms with van der Waals surface area (Å²) < 4.78 is 10.5. The molecule has 1 aliphatic heterocycles. The second-order valence-corrected chi connectivity index (χ2v) is 6.69. The number of carbonyl (C=O) groups is 1. The second kappa shape index (κ2) is 9.41.